The van der Waals surface area contributed by atoms with Crippen molar-refractivity contribution in [2.75, 3.05) is 11.9 Å². The molecular formula is C17H25N3S. The second-order valence-corrected chi connectivity index (χ2v) is 7.63. The number of benzene rings is 1. The van der Waals surface area contributed by atoms with E-state index in [0.717, 1.165) is 17.4 Å². The van der Waals surface area contributed by atoms with Crippen LogP contribution in [0, 0.1) is 6.92 Å². The van der Waals surface area contributed by atoms with Crippen molar-refractivity contribution in [3.05, 3.63) is 46.0 Å². The van der Waals surface area contributed by atoms with Gasteiger partial charge in [-0.1, -0.05) is 50.6 Å². The molecule has 0 saturated carbocycles. The second-order valence-electron chi connectivity index (χ2n) is 6.57. The van der Waals surface area contributed by atoms with Gasteiger partial charge in [0.05, 0.1) is 5.69 Å². The van der Waals surface area contributed by atoms with E-state index in [1.807, 2.05) is 0 Å². The Hall–Kier alpha value is -1.39. The summed E-state index contributed by atoms with van der Waals surface area (Å²) in [5.41, 5.74) is 9.64. The molecule has 2 rings (SSSR count). The minimum atomic E-state index is 0.0353. The third-order valence-corrected chi connectivity index (χ3v) is 4.60. The first kappa shape index (κ1) is 16.0. The molecule has 0 aliphatic carbocycles. The number of nitrogens with two attached hydrogens (primary N) is 1. The predicted octanol–water partition coefficient (Wildman–Crippen LogP) is 3.84. The minimum Gasteiger partial charge on any atom is -0.347 e. The fourth-order valence-corrected chi connectivity index (χ4v) is 3.49. The summed E-state index contributed by atoms with van der Waals surface area (Å²) in [6.07, 6.45) is 0. The van der Waals surface area contributed by atoms with Crippen LogP contribution in [0.1, 0.15) is 42.5 Å². The Morgan fingerprint density at radius 1 is 1.29 bits per heavy atom. The number of nitrogens with zero attached hydrogens (tertiary/aromatic N) is 2. The van der Waals surface area contributed by atoms with Crippen molar-refractivity contribution in [2.45, 2.75) is 46.2 Å². The fourth-order valence-electron chi connectivity index (χ4n) is 2.38. The Balaban J connectivity index is 2.23. The van der Waals surface area contributed by atoms with Crippen LogP contribution in [0.2, 0.25) is 0 Å². The average molecular weight is 303 g/mol. The van der Waals surface area contributed by atoms with E-state index in [9.17, 15) is 0 Å². The van der Waals surface area contributed by atoms with Crippen molar-refractivity contribution >= 4 is 16.5 Å². The highest BCUT2D eigenvalue weighted by Gasteiger charge is 2.23. The van der Waals surface area contributed by atoms with Gasteiger partial charge in [0, 0.05) is 30.4 Å². The molecule has 0 amide bonds. The van der Waals surface area contributed by atoms with Gasteiger partial charge in [0.25, 0.3) is 0 Å². The molecule has 21 heavy (non-hydrogen) atoms. The number of rotatable bonds is 4. The third-order valence-electron chi connectivity index (χ3n) is 3.41. The van der Waals surface area contributed by atoms with Crippen LogP contribution in [0.25, 0.3) is 0 Å². The Labute approximate surface area is 131 Å². The van der Waals surface area contributed by atoms with Crippen LogP contribution in [0.15, 0.2) is 24.3 Å². The van der Waals surface area contributed by atoms with Crippen LogP contribution in [0.3, 0.4) is 0 Å². The van der Waals surface area contributed by atoms with Crippen molar-refractivity contribution in [1.82, 2.24) is 4.98 Å². The van der Waals surface area contributed by atoms with Crippen LogP contribution in [-0.4, -0.2) is 12.0 Å². The third kappa shape index (κ3) is 3.83. The molecule has 0 aliphatic rings. The molecule has 1 aromatic carbocycles. The minimum absolute atomic E-state index is 0.0353. The molecule has 0 aliphatic heterocycles. The van der Waals surface area contributed by atoms with Crippen molar-refractivity contribution in [3.8, 4) is 0 Å². The maximum Gasteiger partial charge on any atom is 0.185 e. The lowest BCUT2D eigenvalue weighted by Crippen LogP contribution is -2.18. The van der Waals surface area contributed by atoms with E-state index in [2.05, 4.69) is 63.9 Å². The Kier molecular flexibility index (Phi) is 4.69. The lowest BCUT2D eigenvalue weighted by atomic mass is 9.91. The van der Waals surface area contributed by atoms with Gasteiger partial charge in [0.1, 0.15) is 0 Å². The van der Waals surface area contributed by atoms with Crippen LogP contribution in [-0.2, 0) is 18.5 Å². The zero-order chi connectivity index (χ0) is 15.6. The average Bonchev–Trinajstić information content (AvgIpc) is 2.82. The van der Waals surface area contributed by atoms with Gasteiger partial charge in [0.15, 0.2) is 5.13 Å². The molecule has 0 radical (unpaired) electrons. The van der Waals surface area contributed by atoms with Gasteiger partial charge in [-0.25, -0.2) is 4.98 Å². The summed E-state index contributed by atoms with van der Waals surface area (Å²) in [7, 11) is 2.09. The number of hydrogen-bond donors (Lipinski definition) is 1. The smallest absolute Gasteiger partial charge is 0.185 e. The molecule has 0 bridgehead atoms. The van der Waals surface area contributed by atoms with Crippen molar-refractivity contribution in [2.24, 2.45) is 5.73 Å². The van der Waals surface area contributed by atoms with E-state index in [1.54, 1.807) is 11.3 Å². The Morgan fingerprint density at radius 3 is 2.52 bits per heavy atom. The number of thiazole rings is 1. The quantitative estimate of drug-likeness (QED) is 0.933. The molecule has 2 aromatic rings. The Bertz CT molecular complexity index is 611. The molecule has 2 N–H and O–H groups in total. The maximum absolute atomic E-state index is 5.89. The van der Waals surface area contributed by atoms with E-state index in [4.69, 9.17) is 10.7 Å². The van der Waals surface area contributed by atoms with E-state index in [0.29, 0.717) is 6.54 Å². The summed E-state index contributed by atoms with van der Waals surface area (Å²) in [6.45, 7) is 10.1. The number of aryl methyl sites for hydroxylation is 1. The molecule has 4 heteroatoms. The zero-order valence-corrected chi connectivity index (χ0v) is 14.4. The SMILES string of the molecule is Cc1cccc(CN(C)c2nc(C(C)(C)C)c(CN)s2)c1. The molecule has 3 nitrogen and oxygen atoms in total. The zero-order valence-electron chi connectivity index (χ0n) is 13.6. The summed E-state index contributed by atoms with van der Waals surface area (Å²) in [5, 5.41) is 1.04. The first-order valence-corrected chi connectivity index (χ1v) is 8.10. The highest BCUT2D eigenvalue weighted by Crippen LogP contribution is 2.33. The summed E-state index contributed by atoms with van der Waals surface area (Å²) >= 11 is 1.71. The number of hydrogen-bond acceptors (Lipinski definition) is 4. The summed E-state index contributed by atoms with van der Waals surface area (Å²) in [6, 6.07) is 8.60. The van der Waals surface area contributed by atoms with Crippen LogP contribution < -0.4 is 10.6 Å². The highest BCUT2D eigenvalue weighted by atomic mass is 32.1. The van der Waals surface area contributed by atoms with Gasteiger partial charge in [-0.05, 0) is 12.5 Å². The lowest BCUT2D eigenvalue weighted by Gasteiger charge is -2.18. The highest BCUT2D eigenvalue weighted by molar-refractivity contribution is 7.15. The maximum atomic E-state index is 5.89. The van der Waals surface area contributed by atoms with Gasteiger partial charge in [-0.2, -0.15) is 0 Å². The summed E-state index contributed by atoms with van der Waals surface area (Å²) in [5.74, 6) is 0. The molecular weight excluding hydrogens is 278 g/mol. The lowest BCUT2D eigenvalue weighted by molar-refractivity contribution is 0.566. The van der Waals surface area contributed by atoms with E-state index < -0.39 is 0 Å². The number of aromatic nitrogens is 1. The number of anilines is 1. The van der Waals surface area contributed by atoms with Crippen LogP contribution in [0.5, 0.6) is 0 Å². The Morgan fingerprint density at radius 2 is 2.00 bits per heavy atom. The second kappa shape index (κ2) is 6.16. The van der Waals surface area contributed by atoms with Gasteiger partial charge in [0.2, 0.25) is 0 Å². The van der Waals surface area contributed by atoms with E-state index in [-0.39, 0.29) is 5.41 Å². The monoisotopic (exact) mass is 303 g/mol. The van der Waals surface area contributed by atoms with E-state index >= 15 is 0 Å². The van der Waals surface area contributed by atoms with Gasteiger partial charge < -0.3 is 10.6 Å². The van der Waals surface area contributed by atoms with E-state index in [1.165, 1.54) is 16.0 Å². The molecule has 0 spiro atoms. The first-order valence-electron chi connectivity index (χ1n) is 7.28. The van der Waals surface area contributed by atoms with Gasteiger partial charge in [-0.3, -0.25) is 0 Å². The standard InChI is InChI=1S/C17H25N3S/c1-12-7-6-8-13(9-12)11-20(5)16-19-15(17(2,3)4)14(10-18)21-16/h6-9H,10-11,18H2,1-5H3. The molecule has 0 saturated heterocycles. The van der Waals surface area contributed by atoms with Crippen molar-refractivity contribution in [3.63, 3.8) is 0 Å². The molecule has 1 aromatic heterocycles. The van der Waals surface area contributed by atoms with Crippen LogP contribution >= 0.6 is 11.3 Å². The summed E-state index contributed by atoms with van der Waals surface area (Å²) < 4.78 is 0. The molecule has 0 unspecified atom stereocenters. The fraction of sp³-hybridized carbons (Fsp3) is 0.471. The normalized spacial score (nSPS) is 11.7. The largest absolute Gasteiger partial charge is 0.347 e. The molecule has 0 fully saturated rings. The molecule has 114 valence electrons. The molecule has 0 atom stereocenters. The van der Waals surface area contributed by atoms with Gasteiger partial charge in [-0.15, -0.1) is 11.3 Å². The van der Waals surface area contributed by atoms with Crippen LogP contribution in [0.4, 0.5) is 5.13 Å². The van der Waals surface area contributed by atoms with Crippen molar-refractivity contribution < 1.29 is 0 Å². The van der Waals surface area contributed by atoms with Gasteiger partial charge >= 0.3 is 0 Å². The topological polar surface area (TPSA) is 42.2 Å². The van der Waals surface area contributed by atoms with Crippen molar-refractivity contribution in [1.29, 1.82) is 0 Å². The summed E-state index contributed by atoms with van der Waals surface area (Å²) in [4.78, 5) is 8.23. The predicted molar refractivity (Wildman–Crippen MR) is 92.0 cm³/mol. The molecule has 1 heterocycles. The first-order chi connectivity index (χ1) is 9.81.